The molecule has 0 N–H and O–H groups in total. The molecular formula is C7H10F3NO. The summed E-state index contributed by atoms with van der Waals surface area (Å²) in [6.45, 7) is 2.31. The highest BCUT2D eigenvalue weighted by Gasteiger charge is 2.43. The SMILES string of the molecule is CC1CCN(C(=O)C(F)(F)F)C1. The van der Waals surface area contributed by atoms with Crippen molar-refractivity contribution in [2.24, 2.45) is 5.92 Å². The third-order valence-corrected chi connectivity index (χ3v) is 1.95. The monoisotopic (exact) mass is 181 g/mol. The maximum absolute atomic E-state index is 11.8. The number of hydrogen-bond donors (Lipinski definition) is 0. The van der Waals surface area contributed by atoms with Crippen LogP contribution in [0, 0.1) is 5.92 Å². The Bertz CT molecular complexity index is 190. The Hall–Kier alpha value is -0.740. The molecule has 70 valence electrons. The molecular weight excluding hydrogens is 171 g/mol. The summed E-state index contributed by atoms with van der Waals surface area (Å²) in [6, 6.07) is 0. The van der Waals surface area contributed by atoms with Gasteiger partial charge in [-0.3, -0.25) is 4.79 Å². The van der Waals surface area contributed by atoms with Gasteiger partial charge in [0.15, 0.2) is 0 Å². The molecule has 2 nitrogen and oxygen atoms in total. The molecule has 1 aliphatic heterocycles. The van der Waals surface area contributed by atoms with Gasteiger partial charge in [-0.05, 0) is 12.3 Å². The summed E-state index contributed by atoms with van der Waals surface area (Å²) < 4.78 is 35.5. The standard InChI is InChI=1S/C7H10F3NO/c1-5-2-3-11(4-5)6(12)7(8,9)10/h5H,2-4H2,1H3. The number of halogens is 3. The van der Waals surface area contributed by atoms with Gasteiger partial charge in [-0.25, -0.2) is 0 Å². The molecule has 1 fully saturated rings. The van der Waals surface area contributed by atoms with Gasteiger partial charge < -0.3 is 4.90 Å². The van der Waals surface area contributed by atoms with Crippen molar-refractivity contribution in [2.45, 2.75) is 19.5 Å². The number of carbonyl (C=O) groups is 1. The lowest BCUT2D eigenvalue weighted by Crippen LogP contribution is -2.39. The van der Waals surface area contributed by atoms with Crippen molar-refractivity contribution in [3.8, 4) is 0 Å². The molecule has 1 amide bonds. The lowest BCUT2D eigenvalue weighted by Gasteiger charge is -2.17. The van der Waals surface area contributed by atoms with Gasteiger partial charge in [-0.1, -0.05) is 6.92 Å². The van der Waals surface area contributed by atoms with Gasteiger partial charge in [0.25, 0.3) is 0 Å². The second kappa shape index (κ2) is 2.95. The fourth-order valence-corrected chi connectivity index (χ4v) is 1.30. The molecule has 1 unspecified atom stereocenters. The van der Waals surface area contributed by atoms with E-state index in [1.807, 2.05) is 6.92 Å². The largest absolute Gasteiger partial charge is 0.471 e. The Morgan fingerprint density at radius 3 is 2.42 bits per heavy atom. The Morgan fingerprint density at radius 1 is 1.50 bits per heavy atom. The van der Waals surface area contributed by atoms with E-state index in [0.717, 1.165) is 4.90 Å². The Balaban J connectivity index is 2.55. The summed E-state index contributed by atoms with van der Waals surface area (Å²) in [4.78, 5) is 11.5. The number of rotatable bonds is 0. The van der Waals surface area contributed by atoms with E-state index >= 15 is 0 Å². The Kier molecular flexibility index (Phi) is 2.30. The van der Waals surface area contributed by atoms with Crippen LogP contribution in [0.25, 0.3) is 0 Å². The summed E-state index contributed by atoms with van der Waals surface area (Å²) in [5.74, 6) is -1.51. The van der Waals surface area contributed by atoms with Gasteiger partial charge in [0.05, 0.1) is 0 Å². The van der Waals surface area contributed by atoms with Crippen molar-refractivity contribution in [1.82, 2.24) is 4.90 Å². The van der Waals surface area contributed by atoms with E-state index in [2.05, 4.69) is 0 Å². The zero-order chi connectivity index (χ0) is 9.35. The van der Waals surface area contributed by atoms with Crippen molar-refractivity contribution in [1.29, 1.82) is 0 Å². The highest BCUT2D eigenvalue weighted by molar-refractivity contribution is 5.82. The van der Waals surface area contributed by atoms with Crippen LogP contribution >= 0.6 is 0 Å². The second-order valence-electron chi connectivity index (χ2n) is 3.14. The summed E-state index contributed by atoms with van der Waals surface area (Å²) in [6.07, 6.45) is -4.04. The Morgan fingerprint density at radius 2 is 2.08 bits per heavy atom. The summed E-state index contributed by atoms with van der Waals surface area (Å²) in [5, 5.41) is 0. The molecule has 12 heavy (non-hydrogen) atoms. The first-order valence-electron chi connectivity index (χ1n) is 3.77. The van der Waals surface area contributed by atoms with Crippen LogP contribution in [0.1, 0.15) is 13.3 Å². The molecule has 0 aromatic heterocycles. The minimum atomic E-state index is -4.70. The first-order chi connectivity index (χ1) is 5.41. The van der Waals surface area contributed by atoms with E-state index in [9.17, 15) is 18.0 Å². The average Bonchev–Trinajstić information content (AvgIpc) is 2.32. The van der Waals surface area contributed by atoms with Crippen LogP contribution in [0.2, 0.25) is 0 Å². The van der Waals surface area contributed by atoms with Gasteiger partial charge in [0.2, 0.25) is 0 Å². The molecule has 1 heterocycles. The minimum Gasteiger partial charge on any atom is -0.335 e. The highest BCUT2D eigenvalue weighted by Crippen LogP contribution is 2.23. The lowest BCUT2D eigenvalue weighted by atomic mass is 10.2. The Labute approximate surface area is 68.3 Å². The van der Waals surface area contributed by atoms with Crippen LogP contribution < -0.4 is 0 Å². The molecule has 0 aromatic carbocycles. The van der Waals surface area contributed by atoms with Crippen molar-refractivity contribution < 1.29 is 18.0 Å². The molecule has 5 heteroatoms. The average molecular weight is 181 g/mol. The van der Waals surface area contributed by atoms with Gasteiger partial charge in [0.1, 0.15) is 0 Å². The fourth-order valence-electron chi connectivity index (χ4n) is 1.30. The lowest BCUT2D eigenvalue weighted by molar-refractivity contribution is -0.184. The normalized spacial score (nSPS) is 24.7. The zero-order valence-corrected chi connectivity index (χ0v) is 6.69. The van der Waals surface area contributed by atoms with Crippen molar-refractivity contribution in [3.05, 3.63) is 0 Å². The third kappa shape index (κ3) is 1.89. The quantitative estimate of drug-likeness (QED) is 0.553. The van der Waals surface area contributed by atoms with Crippen LogP contribution in [-0.4, -0.2) is 30.1 Å². The van der Waals surface area contributed by atoms with E-state index < -0.39 is 12.1 Å². The van der Waals surface area contributed by atoms with Crippen LogP contribution in [0.15, 0.2) is 0 Å². The first kappa shape index (κ1) is 9.35. The van der Waals surface area contributed by atoms with Crippen LogP contribution in [0.4, 0.5) is 13.2 Å². The van der Waals surface area contributed by atoms with Gasteiger partial charge in [-0.15, -0.1) is 0 Å². The molecule has 1 atom stereocenters. The first-order valence-corrected chi connectivity index (χ1v) is 3.77. The number of alkyl halides is 3. The number of carbonyl (C=O) groups excluding carboxylic acids is 1. The van der Waals surface area contributed by atoms with E-state index in [4.69, 9.17) is 0 Å². The topological polar surface area (TPSA) is 20.3 Å². The van der Waals surface area contributed by atoms with E-state index in [1.165, 1.54) is 0 Å². The van der Waals surface area contributed by atoms with Crippen molar-refractivity contribution in [3.63, 3.8) is 0 Å². The van der Waals surface area contributed by atoms with E-state index in [-0.39, 0.29) is 19.0 Å². The second-order valence-corrected chi connectivity index (χ2v) is 3.14. The molecule has 0 aromatic rings. The molecule has 1 aliphatic rings. The molecule has 0 bridgehead atoms. The highest BCUT2D eigenvalue weighted by atomic mass is 19.4. The molecule has 0 aliphatic carbocycles. The molecule has 0 radical (unpaired) electrons. The number of likely N-dealkylation sites (tertiary alicyclic amines) is 1. The van der Waals surface area contributed by atoms with Gasteiger partial charge >= 0.3 is 12.1 Å². The van der Waals surface area contributed by atoms with Crippen LogP contribution in [0.3, 0.4) is 0 Å². The molecule has 0 spiro atoms. The smallest absolute Gasteiger partial charge is 0.335 e. The van der Waals surface area contributed by atoms with E-state index in [1.54, 1.807) is 0 Å². The van der Waals surface area contributed by atoms with Crippen molar-refractivity contribution >= 4 is 5.91 Å². The van der Waals surface area contributed by atoms with Gasteiger partial charge in [-0.2, -0.15) is 13.2 Å². The third-order valence-electron chi connectivity index (χ3n) is 1.95. The van der Waals surface area contributed by atoms with E-state index in [0.29, 0.717) is 6.42 Å². The summed E-state index contributed by atoms with van der Waals surface area (Å²) in [7, 11) is 0. The zero-order valence-electron chi connectivity index (χ0n) is 6.69. The van der Waals surface area contributed by atoms with Crippen molar-refractivity contribution in [2.75, 3.05) is 13.1 Å². The predicted molar refractivity (Wildman–Crippen MR) is 36.4 cm³/mol. The molecule has 1 rings (SSSR count). The maximum Gasteiger partial charge on any atom is 0.471 e. The predicted octanol–water partition coefficient (Wildman–Crippen LogP) is 1.42. The van der Waals surface area contributed by atoms with Crippen LogP contribution in [0.5, 0.6) is 0 Å². The number of hydrogen-bond acceptors (Lipinski definition) is 1. The summed E-state index contributed by atoms with van der Waals surface area (Å²) >= 11 is 0. The summed E-state index contributed by atoms with van der Waals surface area (Å²) in [5.41, 5.74) is 0. The number of amides is 1. The molecule has 1 saturated heterocycles. The van der Waals surface area contributed by atoms with Gasteiger partial charge in [0, 0.05) is 13.1 Å². The fraction of sp³-hybridized carbons (Fsp3) is 0.857. The maximum atomic E-state index is 11.8. The number of nitrogens with zero attached hydrogens (tertiary/aromatic N) is 1. The van der Waals surface area contributed by atoms with Crippen LogP contribution in [-0.2, 0) is 4.79 Å². The minimum absolute atomic E-state index is 0.191. The molecule has 0 saturated carbocycles.